The highest BCUT2D eigenvalue weighted by molar-refractivity contribution is 9.10. The van der Waals surface area contributed by atoms with Crippen LogP contribution in [0.1, 0.15) is 0 Å². The van der Waals surface area contributed by atoms with Gasteiger partial charge in [0, 0.05) is 0 Å². The summed E-state index contributed by atoms with van der Waals surface area (Å²) in [6.45, 7) is 0. The van der Waals surface area contributed by atoms with Gasteiger partial charge in [0.25, 0.3) is 5.95 Å². The fourth-order valence-corrected chi connectivity index (χ4v) is 1.36. The van der Waals surface area contributed by atoms with Crippen molar-refractivity contribution in [2.45, 2.75) is 0 Å². The lowest BCUT2D eigenvalue weighted by molar-refractivity contribution is 0.565. The lowest BCUT2D eigenvalue weighted by atomic mass is 10.5. The van der Waals surface area contributed by atoms with Gasteiger partial charge in [0.05, 0.1) is 0 Å². The minimum Gasteiger partial charge on any atom is -0.211 e. The first-order valence-corrected chi connectivity index (χ1v) is 4.20. The Morgan fingerprint density at radius 1 is 1.54 bits per heavy atom. The fraction of sp³-hybridized carbons (Fsp3) is 0. The van der Waals surface area contributed by atoms with Crippen molar-refractivity contribution in [2.75, 3.05) is 0 Å². The summed E-state index contributed by atoms with van der Waals surface area (Å²) in [5, 5.41) is 3.93. The third kappa shape index (κ3) is 1.37. The molecule has 64 valence electrons. The lowest BCUT2D eigenvalue weighted by Crippen LogP contribution is -1.87. The number of pyridine rings is 1. The van der Waals surface area contributed by atoms with Gasteiger partial charge in [-0.2, -0.15) is 4.98 Å². The molecule has 0 N–H and O–H groups in total. The summed E-state index contributed by atoms with van der Waals surface area (Å²) in [5.74, 6) is 0.113. The van der Waals surface area contributed by atoms with E-state index >= 15 is 0 Å². The van der Waals surface area contributed by atoms with Crippen molar-refractivity contribution in [3.05, 3.63) is 22.8 Å². The topological polar surface area (TPSA) is 59.6 Å². The molecule has 0 bridgehead atoms. The molecule has 13 heavy (non-hydrogen) atoms. The van der Waals surface area contributed by atoms with Crippen LogP contribution in [0.4, 0.5) is 5.95 Å². The molecule has 0 aromatic carbocycles. The van der Waals surface area contributed by atoms with E-state index in [2.05, 4.69) is 31.0 Å². The Hall–Kier alpha value is -1.52. The molecule has 0 aliphatic carbocycles. The molecule has 0 unspecified atom stereocenters. The van der Waals surface area contributed by atoms with E-state index in [1.165, 1.54) is 10.6 Å². The number of carbonyl (C=O) groups excluding carboxylic acids is 1. The number of aromatic nitrogens is 3. The standard InChI is InChI=1S/C7H3BrN4O/c8-5-2-1-3-6-10-7(9-4-13)11-12(5)6/h1-3H. The Morgan fingerprint density at radius 2 is 2.38 bits per heavy atom. The highest BCUT2D eigenvalue weighted by Gasteiger charge is 2.03. The van der Waals surface area contributed by atoms with Gasteiger partial charge < -0.3 is 0 Å². The minimum atomic E-state index is 0.113. The zero-order valence-corrected chi connectivity index (χ0v) is 7.89. The summed E-state index contributed by atoms with van der Waals surface area (Å²) in [4.78, 5) is 17.2. The zero-order chi connectivity index (χ0) is 9.26. The predicted octanol–water partition coefficient (Wildman–Crippen LogP) is 1.46. The highest BCUT2D eigenvalue weighted by atomic mass is 79.9. The molecule has 0 radical (unpaired) electrons. The molecule has 2 heterocycles. The first kappa shape index (κ1) is 8.10. The molecule has 0 saturated carbocycles. The maximum atomic E-state index is 9.94. The number of fused-ring (bicyclic) bond motifs is 1. The van der Waals surface area contributed by atoms with Gasteiger partial charge in [-0.05, 0) is 28.1 Å². The van der Waals surface area contributed by atoms with Gasteiger partial charge in [0.15, 0.2) is 5.65 Å². The molecule has 0 amide bonds. The van der Waals surface area contributed by atoms with Crippen molar-refractivity contribution >= 4 is 33.6 Å². The molecule has 2 rings (SSSR count). The van der Waals surface area contributed by atoms with E-state index in [9.17, 15) is 4.79 Å². The Bertz CT molecular complexity index is 500. The Morgan fingerprint density at radius 3 is 3.08 bits per heavy atom. The van der Waals surface area contributed by atoms with Crippen LogP contribution in [-0.2, 0) is 4.79 Å². The van der Waals surface area contributed by atoms with Crippen molar-refractivity contribution < 1.29 is 4.79 Å². The van der Waals surface area contributed by atoms with E-state index < -0.39 is 0 Å². The van der Waals surface area contributed by atoms with E-state index in [1.54, 1.807) is 6.07 Å². The van der Waals surface area contributed by atoms with Crippen molar-refractivity contribution in [1.29, 1.82) is 0 Å². The largest absolute Gasteiger partial charge is 0.280 e. The first-order chi connectivity index (χ1) is 6.31. The van der Waals surface area contributed by atoms with E-state index in [0.29, 0.717) is 5.65 Å². The summed E-state index contributed by atoms with van der Waals surface area (Å²) in [6.07, 6.45) is 1.39. The van der Waals surface area contributed by atoms with Gasteiger partial charge in [-0.25, -0.2) is 9.31 Å². The van der Waals surface area contributed by atoms with Crippen molar-refractivity contribution in [1.82, 2.24) is 14.6 Å². The van der Waals surface area contributed by atoms with Crippen LogP contribution in [0.3, 0.4) is 0 Å². The highest BCUT2D eigenvalue weighted by Crippen LogP contribution is 2.14. The number of rotatable bonds is 1. The predicted molar refractivity (Wildman–Crippen MR) is 48.5 cm³/mol. The van der Waals surface area contributed by atoms with Crippen LogP contribution in [0.15, 0.2) is 27.8 Å². The molecule has 0 aliphatic heterocycles. The number of halogens is 1. The summed E-state index contributed by atoms with van der Waals surface area (Å²) in [7, 11) is 0. The van der Waals surface area contributed by atoms with Gasteiger partial charge in [-0.3, -0.25) is 0 Å². The second kappa shape index (κ2) is 3.08. The molecule has 0 spiro atoms. The molecule has 0 aliphatic rings. The molecule has 2 aromatic rings. The number of hydrogen-bond donors (Lipinski definition) is 0. The number of hydrogen-bond acceptors (Lipinski definition) is 4. The first-order valence-electron chi connectivity index (χ1n) is 3.40. The van der Waals surface area contributed by atoms with Gasteiger partial charge in [-0.15, -0.1) is 10.1 Å². The quantitative estimate of drug-likeness (QED) is 0.430. The average Bonchev–Trinajstić information content (AvgIpc) is 2.49. The van der Waals surface area contributed by atoms with E-state index in [-0.39, 0.29) is 5.95 Å². The third-order valence-electron chi connectivity index (χ3n) is 1.45. The summed E-state index contributed by atoms with van der Waals surface area (Å²) < 4.78 is 2.29. The van der Waals surface area contributed by atoms with Gasteiger partial charge in [-0.1, -0.05) is 6.07 Å². The number of isocyanates is 1. The Labute approximate surface area is 81.2 Å². The maximum absolute atomic E-state index is 9.94. The van der Waals surface area contributed by atoms with Crippen molar-refractivity contribution in [2.24, 2.45) is 4.99 Å². The summed E-state index contributed by atoms with van der Waals surface area (Å²) >= 11 is 3.28. The van der Waals surface area contributed by atoms with Crippen LogP contribution in [0, 0.1) is 0 Å². The monoisotopic (exact) mass is 238 g/mol. The van der Waals surface area contributed by atoms with Crippen LogP contribution >= 0.6 is 15.9 Å². The van der Waals surface area contributed by atoms with Gasteiger partial charge in [0.2, 0.25) is 6.08 Å². The maximum Gasteiger partial charge on any atom is 0.280 e. The smallest absolute Gasteiger partial charge is 0.211 e. The average molecular weight is 239 g/mol. The zero-order valence-electron chi connectivity index (χ0n) is 6.31. The molecular formula is C7H3BrN4O. The second-order valence-electron chi connectivity index (χ2n) is 2.23. The van der Waals surface area contributed by atoms with Crippen LogP contribution in [0.2, 0.25) is 0 Å². The Balaban J connectivity index is 2.75. The number of aliphatic imine (C=N–C) groups is 1. The number of nitrogens with zero attached hydrogens (tertiary/aromatic N) is 4. The second-order valence-corrected chi connectivity index (χ2v) is 3.05. The van der Waals surface area contributed by atoms with Gasteiger partial charge in [0.1, 0.15) is 4.60 Å². The normalized spacial score (nSPS) is 9.92. The summed E-state index contributed by atoms with van der Waals surface area (Å²) in [5.41, 5.74) is 0.628. The molecule has 5 nitrogen and oxygen atoms in total. The molecule has 0 saturated heterocycles. The van der Waals surface area contributed by atoms with Crippen LogP contribution < -0.4 is 0 Å². The molecule has 0 fully saturated rings. The van der Waals surface area contributed by atoms with Crippen molar-refractivity contribution in [3.8, 4) is 0 Å². The fourth-order valence-electron chi connectivity index (χ4n) is 0.950. The minimum absolute atomic E-state index is 0.113. The van der Waals surface area contributed by atoms with Gasteiger partial charge >= 0.3 is 0 Å². The molecular weight excluding hydrogens is 236 g/mol. The Kier molecular flexibility index (Phi) is 1.92. The van der Waals surface area contributed by atoms with E-state index in [4.69, 9.17) is 0 Å². The lowest BCUT2D eigenvalue weighted by Gasteiger charge is -1.91. The molecule has 0 atom stereocenters. The SMILES string of the molecule is O=C=Nc1nc2cccc(Br)n2n1. The van der Waals surface area contributed by atoms with Crippen LogP contribution in [0.5, 0.6) is 0 Å². The van der Waals surface area contributed by atoms with E-state index in [1.807, 2.05) is 12.1 Å². The van der Waals surface area contributed by atoms with Crippen LogP contribution in [-0.4, -0.2) is 20.7 Å². The third-order valence-corrected chi connectivity index (χ3v) is 2.05. The van der Waals surface area contributed by atoms with Crippen LogP contribution in [0.25, 0.3) is 5.65 Å². The van der Waals surface area contributed by atoms with E-state index in [0.717, 1.165) is 4.60 Å². The molecule has 2 aromatic heterocycles. The summed E-state index contributed by atoms with van der Waals surface area (Å²) in [6, 6.07) is 5.40. The molecule has 6 heteroatoms. The van der Waals surface area contributed by atoms with Crippen molar-refractivity contribution in [3.63, 3.8) is 0 Å².